The number of halogens is 3. The second kappa shape index (κ2) is 9.55. The molecule has 1 rings (SSSR count). The van der Waals surface area contributed by atoms with E-state index in [0.717, 1.165) is 0 Å². The van der Waals surface area contributed by atoms with E-state index in [1.165, 1.54) is 18.2 Å². The first-order valence-electron chi connectivity index (χ1n) is 5.85. The van der Waals surface area contributed by atoms with E-state index < -0.39 is 12.2 Å². The fourth-order valence-electron chi connectivity index (χ4n) is 1.30. The molecule has 9 heteroatoms. The average Bonchev–Trinajstić information content (AvgIpc) is 2.42. The van der Waals surface area contributed by atoms with Gasteiger partial charge in [-0.15, -0.1) is 23.2 Å². The number of amides is 2. The molecule has 0 unspecified atom stereocenters. The molecule has 0 aliphatic heterocycles. The van der Waals surface area contributed by atoms with Crippen molar-refractivity contribution in [1.82, 2.24) is 0 Å². The Balaban J connectivity index is 2.66. The van der Waals surface area contributed by atoms with Gasteiger partial charge in [-0.3, -0.25) is 10.6 Å². The Bertz CT molecular complexity index is 459. The molecule has 0 saturated heterocycles. The molecule has 0 radical (unpaired) electrons. The van der Waals surface area contributed by atoms with Gasteiger partial charge in [0.1, 0.15) is 13.2 Å². The first-order valence-corrected chi connectivity index (χ1v) is 7.30. The van der Waals surface area contributed by atoms with Crippen molar-refractivity contribution in [3.8, 4) is 0 Å². The van der Waals surface area contributed by atoms with E-state index in [0.29, 0.717) is 16.4 Å². The molecule has 21 heavy (non-hydrogen) atoms. The number of rotatable bonds is 6. The van der Waals surface area contributed by atoms with Crippen LogP contribution in [0.5, 0.6) is 0 Å². The molecule has 0 aromatic heterocycles. The van der Waals surface area contributed by atoms with Crippen molar-refractivity contribution >= 4 is 58.4 Å². The molecule has 6 nitrogen and oxygen atoms in total. The second-order valence-electron chi connectivity index (χ2n) is 3.63. The van der Waals surface area contributed by atoms with Crippen molar-refractivity contribution in [2.45, 2.75) is 0 Å². The Morgan fingerprint density at radius 3 is 1.71 bits per heavy atom. The highest BCUT2D eigenvalue weighted by atomic mass is 35.5. The van der Waals surface area contributed by atoms with Crippen LogP contribution in [0, 0.1) is 0 Å². The van der Waals surface area contributed by atoms with Gasteiger partial charge in [-0.1, -0.05) is 11.6 Å². The third kappa shape index (κ3) is 7.27. The van der Waals surface area contributed by atoms with E-state index >= 15 is 0 Å². The summed E-state index contributed by atoms with van der Waals surface area (Å²) < 4.78 is 9.51. The zero-order chi connectivity index (χ0) is 15.7. The van der Waals surface area contributed by atoms with Crippen LogP contribution in [-0.4, -0.2) is 37.2 Å². The van der Waals surface area contributed by atoms with Gasteiger partial charge >= 0.3 is 12.2 Å². The van der Waals surface area contributed by atoms with Gasteiger partial charge in [0.05, 0.1) is 11.8 Å². The number of anilines is 2. The highest BCUT2D eigenvalue weighted by Crippen LogP contribution is 2.23. The number of hydrogen-bond donors (Lipinski definition) is 2. The largest absolute Gasteiger partial charge is 0.448 e. The van der Waals surface area contributed by atoms with Gasteiger partial charge in [-0.2, -0.15) is 0 Å². The van der Waals surface area contributed by atoms with E-state index in [2.05, 4.69) is 10.6 Å². The molecule has 2 N–H and O–H groups in total. The minimum absolute atomic E-state index is 0.0871. The molecule has 0 aliphatic carbocycles. The van der Waals surface area contributed by atoms with Crippen molar-refractivity contribution in [1.29, 1.82) is 0 Å². The second-order valence-corrected chi connectivity index (χ2v) is 4.82. The quantitative estimate of drug-likeness (QED) is 0.758. The Labute approximate surface area is 136 Å². The lowest BCUT2D eigenvalue weighted by Crippen LogP contribution is -2.16. The van der Waals surface area contributed by atoms with Crippen LogP contribution in [-0.2, 0) is 9.47 Å². The first kappa shape index (κ1) is 17.7. The molecular formula is C12H13Cl3N2O4. The minimum atomic E-state index is -0.673. The number of carbonyl (C=O) groups is 2. The standard InChI is InChI=1S/C12H13Cl3N2O4/c13-1-3-20-11(18)16-9-5-8(15)6-10(7-9)17-12(19)21-4-2-14/h5-7H,1-4H2,(H,16,18)(H,17,19). The highest BCUT2D eigenvalue weighted by Gasteiger charge is 2.08. The molecule has 0 atom stereocenters. The Morgan fingerprint density at radius 2 is 1.33 bits per heavy atom. The lowest BCUT2D eigenvalue weighted by Gasteiger charge is -2.10. The van der Waals surface area contributed by atoms with Crippen LogP contribution in [0.1, 0.15) is 0 Å². The zero-order valence-corrected chi connectivity index (χ0v) is 13.1. The van der Waals surface area contributed by atoms with Gasteiger partial charge in [0.2, 0.25) is 0 Å². The number of ether oxygens (including phenoxy) is 2. The predicted molar refractivity (Wildman–Crippen MR) is 82.8 cm³/mol. The molecule has 2 amide bonds. The number of alkyl halides is 2. The Hall–Kier alpha value is -1.37. The van der Waals surface area contributed by atoms with Gasteiger partial charge in [0.25, 0.3) is 0 Å². The normalized spacial score (nSPS) is 9.86. The van der Waals surface area contributed by atoms with E-state index in [4.69, 9.17) is 44.3 Å². The van der Waals surface area contributed by atoms with Crippen molar-refractivity contribution in [3.05, 3.63) is 23.2 Å². The number of hydrogen-bond acceptors (Lipinski definition) is 4. The van der Waals surface area contributed by atoms with Crippen LogP contribution in [0.25, 0.3) is 0 Å². The van der Waals surface area contributed by atoms with Crippen molar-refractivity contribution in [2.75, 3.05) is 35.6 Å². The van der Waals surface area contributed by atoms with Crippen molar-refractivity contribution in [2.24, 2.45) is 0 Å². The topological polar surface area (TPSA) is 76.7 Å². The van der Waals surface area contributed by atoms with Gasteiger partial charge in [-0.05, 0) is 18.2 Å². The summed E-state index contributed by atoms with van der Waals surface area (Å²) in [5, 5.41) is 5.23. The highest BCUT2D eigenvalue weighted by molar-refractivity contribution is 6.31. The average molecular weight is 356 g/mol. The fraction of sp³-hybridized carbons (Fsp3) is 0.333. The summed E-state index contributed by atoms with van der Waals surface area (Å²) in [6.45, 7) is 0.174. The minimum Gasteiger partial charge on any atom is -0.448 e. The SMILES string of the molecule is O=C(Nc1cc(Cl)cc(NC(=O)OCCCl)c1)OCCCl. The molecule has 0 saturated carbocycles. The fourth-order valence-corrected chi connectivity index (χ4v) is 1.69. The monoisotopic (exact) mass is 354 g/mol. The van der Waals surface area contributed by atoms with Crippen LogP contribution in [0.3, 0.4) is 0 Å². The summed E-state index contributed by atoms with van der Waals surface area (Å²) >= 11 is 16.7. The van der Waals surface area contributed by atoms with Crippen LogP contribution in [0.4, 0.5) is 21.0 Å². The van der Waals surface area contributed by atoms with Crippen LogP contribution >= 0.6 is 34.8 Å². The lowest BCUT2D eigenvalue weighted by molar-refractivity contribution is 0.168. The van der Waals surface area contributed by atoms with Gasteiger partial charge in [-0.25, -0.2) is 9.59 Å². The van der Waals surface area contributed by atoms with E-state index in [-0.39, 0.29) is 25.0 Å². The Kier molecular flexibility index (Phi) is 8.04. The molecular weight excluding hydrogens is 343 g/mol. The first-order chi connectivity index (χ1) is 10.0. The molecule has 116 valence electrons. The number of carbonyl (C=O) groups excluding carboxylic acids is 2. The summed E-state index contributed by atoms with van der Waals surface area (Å²) in [5.74, 6) is 0.393. The molecule has 0 aliphatic rings. The molecule has 0 spiro atoms. The predicted octanol–water partition coefficient (Wildman–Crippen LogP) is 3.91. The van der Waals surface area contributed by atoms with Gasteiger partial charge < -0.3 is 9.47 Å². The van der Waals surface area contributed by atoms with Gasteiger partial charge in [0, 0.05) is 16.4 Å². The third-order valence-electron chi connectivity index (χ3n) is 2.01. The van der Waals surface area contributed by atoms with Crippen LogP contribution in [0.15, 0.2) is 18.2 Å². The maximum atomic E-state index is 11.4. The number of nitrogens with one attached hydrogen (secondary N) is 2. The summed E-state index contributed by atoms with van der Waals surface area (Å²) in [6, 6.07) is 4.49. The number of benzene rings is 1. The smallest absolute Gasteiger partial charge is 0.411 e. The maximum Gasteiger partial charge on any atom is 0.411 e. The van der Waals surface area contributed by atoms with Crippen LogP contribution < -0.4 is 10.6 Å². The van der Waals surface area contributed by atoms with E-state index in [1.54, 1.807) is 0 Å². The molecule has 0 heterocycles. The lowest BCUT2D eigenvalue weighted by atomic mass is 10.3. The van der Waals surface area contributed by atoms with E-state index in [9.17, 15) is 9.59 Å². The van der Waals surface area contributed by atoms with Crippen molar-refractivity contribution < 1.29 is 19.1 Å². The molecule has 0 bridgehead atoms. The third-order valence-corrected chi connectivity index (χ3v) is 2.54. The van der Waals surface area contributed by atoms with Crippen LogP contribution in [0.2, 0.25) is 5.02 Å². The van der Waals surface area contributed by atoms with Gasteiger partial charge in [0.15, 0.2) is 0 Å². The Morgan fingerprint density at radius 1 is 0.905 bits per heavy atom. The maximum absolute atomic E-state index is 11.4. The van der Waals surface area contributed by atoms with E-state index in [1.807, 2.05) is 0 Å². The summed E-state index contributed by atoms with van der Waals surface area (Å²) in [6.07, 6.45) is -1.35. The molecule has 1 aromatic rings. The van der Waals surface area contributed by atoms with Crippen molar-refractivity contribution in [3.63, 3.8) is 0 Å². The summed E-state index contributed by atoms with van der Waals surface area (Å²) in [4.78, 5) is 22.8. The molecule has 1 aromatic carbocycles. The molecule has 0 fully saturated rings. The summed E-state index contributed by atoms with van der Waals surface area (Å²) in [7, 11) is 0. The summed E-state index contributed by atoms with van der Waals surface area (Å²) in [5.41, 5.74) is 0.712. The zero-order valence-electron chi connectivity index (χ0n) is 10.8.